The summed E-state index contributed by atoms with van der Waals surface area (Å²) in [5, 5.41) is 9.80. The summed E-state index contributed by atoms with van der Waals surface area (Å²) in [4.78, 5) is 18.2. The molecule has 9 heteroatoms. The number of nitrogens with one attached hydrogen (secondary N) is 3. The Morgan fingerprint density at radius 2 is 1.77 bits per heavy atom. The fraction of sp³-hybridized carbons (Fsp3) is 0.308. The molecular weight excluding hydrogens is 450 g/mol. The summed E-state index contributed by atoms with van der Waals surface area (Å²) in [5.74, 6) is -1.30. The SMILES string of the molecule is C[C@@H]1CN(c2ccc(Nc3cc(NCc4c(F)cccc4F)c(CC(N)=O)cn3)cc2)C[C@H](C)N1. The summed E-state index contributed by atoms with van der Waals surface area (Å²) in [7, 11) is 0. The fourth-order valence-corrected chi connectivity index (χ4v) is 4.37. The van der Waals surface area contributed by atoms with E-state index in [1.54, 1.807) is 6.07 Å². The van der Waals surface area contributed by atoms with Gasteiger partial charge in [-0.1, -0.05) is 6.07 Å². The molecule has 0 spiro atoms. The largest absolute Gasteiger partial charge is 0.380 e. The van der Waals surface area contributed by atoms with Gasteiger partial charge < -0.3 is 26.6 Å². The van der Waals surface area contributed by atoms with Crippen LogP contribution in [-0.4, -0.2) is 36.1 Å². The molecule has 0 aliphatic carbocycles. The molecule has 1 aliphatic heterocycles. The summed E-state index contributed by atoms with van der Waals surface area (Å²) in [5.41, 5.74) is 8.32. The highest BCUT2D eigenvalue weighted by Gasteiger charge is 2.21. The number of nitrogens with two attached hydrogens (primary N) is 1. The number of carbonyl (C=O) groups is 1. The van der Waals surface area contributed by atoms with Gasteiger partial charge in [-0.15, -0.1) is 0 Å². The van der Waals surface area contributed by atoms with E-state index < -0.39 is 17.5 Å². The van der Waals surface area contributed by atoms with Gasteiger partial charge in [-0.05, 0) is 50.2 Å². The third-order valence-electron chi connectivity index (χ3n) is 5.93. The second-order valence-corrected chi connectivity index (χ2v) is 8.97. The van der Waals surface area contributed by atoms with Gasteiger partial charge in [-0.25, -0.2) is 13.8 Å². The maximum atomic E-state index is 14.1. The Balaban J connectivity index is 1.50. The van der Waals surface area contributed by atoms with Crippen molar-refractivity contribution in [3.05, 3.63) is 77.5 Å². The van der Waals surface area contributed by atoms with Crippen LogP contribution in [0.2, 0.25) is 0 Å². The van der Waals surface area contributed by atoms with Crippen LogP contribution in [-0.2, 0) is 17.8 Å². The number of anilines is 4. The van der Waals surface area contributed by atoms with Crippen molar-refractivity contribution in [1.82, 2.24) is 10.3 Å². The lowest BCUT2D eigenvalue weighted by Crippen LogP contribution is -2.54. The van der Waals surface area contributed by atoms with E-state index in [9.17, 15) is 13.6 Å². The molecule has 4 rings (SSSR count). The molecule has 1 fully saturated rings. The predicted octanol–water partition coefficient (Wildman–Crippen LogP) is 3.93. The lowest BCUT2D eigenvalue weighted by molar-refractivity contribution is -0.117. The van der Waals surface area contributed by atoms with Gasteiger partial charge in [0.1, 0.15) is 17.5 Å². The fourth-order valence-electron chi connectivity index (χ4n) is 4.37. The maximum absolute atomic E-state index is 14.1. The third kappa shape index (κ3) is 6.24. The maximum Gasteiger partial charge on any atom is 0.221 e. The molecule has 184 valence electrons. The molecule has 2 heterocycles. The van der Waals surface area contributed by atoms with E-state index in [4.69, 9.17) is 5.73 Å². The molecule has 2 atom stereocenters. The molecule has 1 amide bonds. The van der Waals surface area contributed by atoms with E-state index in [1.165, 1.54) is 24.4 Å². The standard InChI is InChI=1S/C26H30F2N6O/c1-16-14-34(15-17(2)32-16)20-8-6-19(7-9-20)33-26-11-24(18(12-31-26)10-25(29)35)30-13-21-22(27)4-3-5-23(21)28/h3-9,11-12,16-17,32H,10,13-15H2,1-2H3,(H2,29,35)(H2,30,31,33)/t16-,17+. The van der Waals surface area contributed by atoms with Gasteiger partial charge in [0.2, 0.25) is 5.91 Å². The summed E-state index contributed by atoms with van der Waals surface area (Å²) in [6.07, 6.45) is 1.48. The van der Waals surface area contributed by atoms with Crippen LogP contribution in [0.25, 0.3) is 0 Å². The van der Waals surface area contributed by atoms with Crippen LogP contribution in [0.4, 0.5) is 31.7 Å². The predicted molar refractivity (Wildman–Crippen MR) is 135 cm³/mol. The Kier molecular flexibility index (Phi) is 7.45. The highest BCUT2D eigenvalue weighted by molar-refractivity contribution is 5.79. The molecule has 5 N–H and O–H groups in total. The smallest absolute Gasteiger partial charge is 0.221 e. The van der Waals surface area contributed by atoms with Crippen molar-refractivity contribution in [3.8, 4) is 0 Å². The summed E-state index contributed by atoms with van der Waals surface area (Å²) >= 11 is 0. The van der Waals surface area contributed by atoms with Gasteiger partial charge in [0, 0.05) is 72.2 Å². The van der Waals surface area contributed by atoms with E-state index in [0.717, 1.165) is 24.5 Å². The van der Waals surface area contributed by atoms with Crippen molar-refractivity contribution in [2.45, 2.75) is 38.9 Å². The number of halogens is 2. The Labute approximate surface area is 203 Å². The van der Waals surface area contributed by atoms with Crippen molar-refractivity contribution >= 4 is 28.8 Å². The molecule has 2 aromatic carbocycles. The molecule has 0 unspecified atom stereocenters. The van der Waals surface area contributed by atoms with Gasteiger partial charge >= 0.3 is 0 Å². The molecule has 1 aromatic heterocycles. The van der Waals surface area contributed by atoms with E-state index in [1.807, 2.05) is 12.1 Å². The van der Waals surface area contributed by atoms with Crippen molar-refractivity contribution < 1.29 is 13.6 Å². The minimum atomic E-state index is -0.644. The summed E-state index contributed by atoms with van der Waals surface area (Å²) < 4.78 is 28.1. The molecule has 0 bridgehead atoms. The van der Waals surface area contributed by atoms with Gasteiger partial charge in [-0.3, -0.25) is 4.79 Å². The summed E-state index contributed by atoms with van der Waals surface area (Å²) in [6.45, 7) is 6.15. The number of nitrogens with zero attached hydrogens (tertiary/aromatic N) is 2. The van der Waals surface area contributed by atoms with Crippen LogP contribution in [0, 0.1) is 11.6 Å². The number of aromatic nitrogens is 1. The van der Waals surface area contributed by atoms with E-state index in [0.29, 0.717) is 29.2 Å². The molecule has 35 heavy (non-hydrogen) atoms. The van der Waals surface area contributed by atoms with Crippen LogP contribution in [0.1, 0.15) is 25.0 Å². The minimum absolute atomic E-state index is 0.0500. The number of piperazine rings is 1. The van der Waals surface area contributed by atoms with Gasteiger partial charge in [0.15, 0.2) is 0 Å². The van der Waals surface area contributed by atoms with Crippen molar-refractivity contribution in [2.24, 2.45) is 5.73 Å². The molecular formula is C26H30F2N6O. The topological polar surface area (TPSA) is 95.3 Å². The zero-order valence-corrected chi connectivity index (χ0v) is 19.8. The molecule has 1 saturated heterocycles. The third-order valence-corrected chi connectivity index (χ3v) is 5.93. The Hall–Kier alpha value is -3.72. The van der Waals surface area contributed by atoms with E-state index >= 15 is 0 Å². The molecule has 1 aliphatic rings. The Morgan fingerprint density at radius 1 is 1.11 bits per heavy atom. The number of primary amides is 1. The lowest BCUT2D eigenvalue weighted by Gasteiger charge is -2.37. The number of pyridine rings is 1. The van der Waals surface area contributed by atoms with Crippen LogP contribution in [0.5, 0.6) is 0 Å². The molecule has 0 radical (unpaired) electrons. The first kappa shape index (κ1) is 24.4. The Bertz CT molecular complexity index is 1160. The second kappa shape index (κ2) is 10.7. The Morgan fingerprint density at radius 3 is 2.40 bits per heavy atom. The van der Waals surface area contributed by atoms with E-state index in [2.05, 4.69) is 51.8 Å². The second-order valence-electron chi connectivity index (χ2n) is 8.97. The van der Waals surface area contributed by atoms with Crippen LogP contribution in [0.3, 0.4) is 0 Å². The normalized spacial score (nSPS) is 17.8. The number of hydrogen-bond donors (Lipinski definition) is 4. The van der Waals surface area contributed by atoms with Crippen molar-refractivity contribution in [1.29, 1.82) is 0 Å². The first-order chi connectivity index (χ1) is 16.8. The van der Waals surface area contributed by atoms with Gasteiger partial charge in [0.25, 0.3) is 0 Å². The van der Waals surface area contributed by atoms with Crippen LogP contribution < -0.4 is 26.6 Å². The number of rotatable bonds is 8. The number of amides is 1. The van der Waals surface area contributed by atoms with Gasteiger partial charge in [-0.2, -0.15) is 0 Å². The average Bonchev–Trinajstić information content (AvgIpc) is 2.80. The first-order valence-electron chi connectivity index (χ1n) is 11.6. The minimum Gasteiger partial charge on any atom is -0.380 e. The van der Waals surface area contributed by atoms with E-state index in [-0.39, 0.29) is 18.5 Å². The van der Waals surface area contributed by atoms with Gasteiger partial charge in [0.05, 0.1) is 6.42 Å². The number of carbonyl (C=O) groups excluding carboxylic acids is 1. The number of benzene rings is 2. The first-order valence-corrected chi connectivity index (χ1v) is 11.6. The highest BCUT2D eigenvalue weighted by Crippen LogP contribution is 2.26. The molecule has 0 saturated carbocycles. The summed E-state index contributed by atoms with van der Waals surface area (Å²) in [6, 6.07) is 14.3. The molecule has 7 nitrogen and oxygen atoms in total. The zero-order chi connectivity index (χ0) is 24.9. The zero-order valence-electron chi connectivity index (χ0n) is 19.8. The van der Waals surface area contributed by atoms with Crippen molar-refractivity contribution in [2.75, 3.05) is 28.6 Å². The van der Waals surface area contributed by atoms with Crippen molar-refractivity contribution in [3.63, 3.8) is 0 Å². The van der Waals surface area contributed by atoms with Crippen LogP contribution >= 0.6 is 0 Å². The highest BCUT2D eigenvalue weighted by atomic mass is 19.1. The quantitative estimate of drug-likeness (QED) is 0.390. The lowest BCUT2D eigenvalue weighted by atomic mass is 10.1. The average molecular weight is 481 g/mol. The molecule has 3 aromatic rings. The monoisotopic (exact) mass is 480 g/mol. The number of hydrogen-bond acceptors (Lipinski definition) is 6. The van der Waals surface area contributed by atoms with Crippen LogP contribution in [0.15, 0.2) is 54.7 Å².